The molecule has 0 radical (unpaired) electrons. The van der Waals surface area contributed by atoms with Crippen LogP contribution in [0, 0.1) is 0 Å². The quantitative estimate of drug-likeness (QED) is 0.447. The van der Waals surface area contributed by atoms with E-state index in [2.05, 4.69) is 20.0 Å². The highest BCUT2D eigenvalue weighted by Crippen LogP contribution is 2.33. The molecule has 170 valence electrons. The number of hydrogen-bond acceptors (Lipinski definition) is 9. The van der Waals surface area contributed by atoms with Crippen molar-refractivity contribution in [1.82, 2.24) is 20.0 Å². The van der Waals surface area contributed by atoms with Crippen molar-refractivity contribution in [3.8, 4) is 17.3 Å². The minimum absolute atomic E-state index is 0.0236. The number of hydrogen-bond donors (Lipinski definition) is 0. The zero-order valence-corrected chi connectivity index (χ0v) is 18.9. The van der Waals surface area contributed by atoms with Crippen molar-refractivity contribution >= 4 is 9.84 Å². The number of nitrogens with zero attached hydrogens (tertiary/aromatic N) is 4. The fraction of sp³-hybridized carbons (Fsp3) is 0.409. The largest absolute Gasteiger partial charge is 0.475 e. The Bertz CT molecular complexity index is 1130. The van der Waals surface area contributed by atoms with E-state index < -0.39 is 9.84 Å². The molecule has 0 aliphatic carbocycles. The summed E-state index contributed by atoms with van der Waals surface area (Å²) in [4.78, 5) is 11.5. The maximum Gasteiger partial charge on any atom is 0.244 e. The van der Waals surface area contributed by atoms with E-state index in [0.29, 0.717) is 42.2 Å². The van der Waals surface area contributed by atoms with Crippen LogP contribution >= 0.6 is 0 Å². The number of ether oxygens (including phenoxy) is 2. The monoisotopic (exact) mass is 458 g/mol. The Labute approximate surface area is 187 Å². The fourth-order valence-electron chi connectivity index (χ4n) is 3.69. The molecule has 32 heavy (non-hydrogen) atoms. The fourth-order valence-corrected chi connectivity index (χ4v) is 4.32. The van der Waals surface area contributed by atoms with E-state index in [0.717, 1.165) is 30.5 Å². The van der Waals surface area contributed by atoms with Crippen molar-refractivity contribution < 1.29 is 22.4 Å². The second-order valence-corrected chi connectivity index (χ2v) is 9.74. The van der Waals surface area contributed by atoms with Crippen LogP contribution in [0.1, 0.15) is 30.3 Å². The van der Waals surface area contributed by atoms with Crippen molar-refractivity contribution in [2.24, 2.45) is 0 Å². The lowest BCUT2D eigenvalue weighted by molar-refractivity contribution is 0.144. The van der Waals surface area contributed by atoms with Gasteiger partial charge in [-0.05, 0) is 43.1 Å². The summed E-state index contributed by atoms with van der Waals surface area (Å²) in [5, 5.41) is 4.14. The Morgan fingerprint density at radius 1 is 1.16 bits per heavy atom. The number of likely N-dealkylation sites (tertiary alicyclic amines) is 1. The van der Waals surface area contributed by atoms with Crippen molar-refractivity contribution in [1.29, 1.82) is 0 Å². The standard InChI is InChI=1S/C22H26N4O5S/c1-29-12-13-30-20-10-7-17(14-23-20)21-24-22(31-25-21)19-4-3-11-26(19)15-16-5-8-18(9-6-16)32(2,27)28/h5-10,14,19H,3-4,11-13,15H2,1-2H3. The van der Waals surface area contributed by atoms with E-state index >= 15 is 0 Å². The molecule has 3 heterocycles. The van der Waals surface area contributed by atoms with Gasteiger partial charge < -0.3 is 14.0 Å². The summed E-state index contributed by atoms with van der Waals surface area (Å²) in [6.07, 6.45) is 4.82. The van der Waals surface area contributed by atoms with E-state index in [1.54, 1.807) is 31.5 Å². The van der Waals surface area contributed by atoms with Gasteiger partial charge in [-0.3, -0.25) is 4.90 Å². The van der Waals surface area contributed by atoms with Gasteiger partial charge in [0.1, 0.15) is 6.61 Å². The van der Waals surface area contributed by atoms with Crippen LogP contribution in [0.25, 0.3) is 11.4 Å². The second-order valence-electron chi connectivity index (χ2n) is 7.73. The summed E-state index contributed by atoms with van der Waals surface area (Å²) in [5.74, 6) is 1.57. The van der Waals surface area contributed by atoms with Gasteiger partial charge in [0.05, 0.1) is 17.5 Å². The predicted molar refractivity (Wildman–Crippen MR) is 117 cm³/mol. The molecule has 9 nitrogen and oxygen atoms in total. The molecule has 0 N–H and O–H groups in total. The molecule has 1 saturated heterocycles. The Hall–Kier alpha value is -2.82. The molecule has 0 spiro atoms. The highest BCUT2D eigenvalue weighted by molar-refractivity contribution is 7.90. The number of pyridine rings is 1. The first-order valence-electron chi connectivity index (χ1n) is 10.4. The molecule has 0 bridgehead atoms. The normalized spacial score (nSPS) is 17.0. The van der Waals surface area contributed by atoms with Gasteiger partial charge in [0.2, 0.25) is 17.6 Å². The third-order valence-corrected chi connectivity index (χ3v) is 6.49. The van der Waals surface area contributed by atoms with E-state index in [-0.39, 0.29) is 6.04 Å². The smallest absolute Gasteiger partial charge is 0.244 e. The van der Waals surface area contributed by atoms with Crippen LogP contribution in [0.3, 0.4) is 0 Å². The average molecular weight is 459 g/mol. The number of benzene rings is 1. The number of sulfone groups is 1. The molecular weight excluding hydrogens is 432 g/mol. The lowest BCUT2D eigenvalue weighted by Crippen LogP contribution is -2.23. The average Bonchev–Trinajstić information content (AvgIpc) is 3.44. The number of methoxy groups -OCH3 is 1. The SMILES string of the molecule is COCCOc1ccc(-c2noc(C3CCCN3Cc3ccc(S(C)(=O)=O)cc3)n2)cn1. The number of aromatic nitrogens is 3. The maximum absolute atomic E-state index is 11.7. The van der Waals surface area contributed by atoms with Crippen LogP contribution in [-0.2, 0) is 21.1 Å². The van der Waals surface area contributed by atoms with Gasteiger partial charge in [-0.1, -0.05) is 17.3 Å². The van der Waals surface area contributed by atoms with E-state index in [4.69, 9.17) is 14.0 Å². The molecule has 3 aromatic rings. The summed E-state index contributed by atoms with van der Waals surface area (Å²) >= 11 is 0. The van der Waals surface area contributed by atoms with Gasteiger partial charge in [-0.25, -0.2) is 13.4 Å². The van der Waals surface area contributed by atoms with Crippen LogP contribution in [0.4, 0.5) is 0 Å². The molecular formula is C22H26N4O5S. The zero-order chi connectivity index (χ0) is 22.6. The summed E-state index contributed by atoms with van der Waals surface area (Å²) in [6, 6.07) is 10.6. The molecule has 10 heteroatoms. The van der Waals surface area contributed by atoms with Gasteiger partial charge in [0.25, 0.3) is 0 Å². The minimum Gasteiger partial charge on any atom is -0.475 e. The van der Waals surface area contributed by atoms with Gasteiger partial charge in [0.15, 0.2) is 9.84 Å². The van der Waals surface area contributed by atoms with Crippen LogP contribution in [0.5, 0.6) is 5.88 Å². The zero-order valence-electron chi connectivity index (χ0n) is 18.1. The molecule has 1 unspecified atom stereocenters. The summed E-state index contributed by atoms with van der Waals surface area (Å²) < 4.78 is 39.4. The molecule has 1 aliphatic heterocycles. The first kappa shape index (κ1) is 22.4. The second kappa shape index (κ2) is 9.76. The van der Waals surface area contributed by atoms with Gasteiger partial charge in [-0.15, -0.1) is 0 Å². The maximum atomic E-state index is 11.7. The third-order valence-electron chi connectivity index (χ3n) is 5.36. The van der Waals surface area contributed by atoms with Crippen molar-refractivity contribution in [3.05, 3.63) is 54.0 Å². The first-order valence-corrected chi connectivity index (χ1v) is 12.3. The molecule has 1 fully saturated rings. The summed E-state index contributed by atoms with van der Waals surface area (Å²) in [7, 11) is -1.58. The molecule has 0 amide bonds. The van der Waals surface area contributed by atoms with Crippen LogP contribution in [0.15, 0.2) is 52.0 Å². The molecule has 0 saturated carbocycles. The van der Waals surface area contributed by atoms with Crippen molar-refractivity contribution in [3.63, 3.8) is 0 Å². The molecule has 4 rings (SSSR count). The van der Waals surface area contributed by atoms with Gasteiger partial charge in [-0.2, -0.15) is 4.98 Å². The van der Waals surface area contributed by atoms with Gasteiger partial charge >= 0.3 is 0 Å². The third kappa shape index (κ3) is 5.32. The van der Waals surface area contributed by atoms with Crippen LogP contribution < -0.4 is 4.74 Å². The Morgan fingerprint density at radius 3 is 2.66 bits per heavy atom. The van der Waals surface area contributed by atoms with Crippen molar-refractivity contribution in [2.75, 3.05) is 33.1 Å². The van der Waals surface area contributed by atoms with Gasteiger partial charge in [0, 0.05) is 37.7 Å². The molecule has 1 aliphatic rings. The topological polar surface area (TPSA) is 108 Å². The predicted octanol–water partition coefficient (Wildman–Crippen LogP) is 2.90. The first-order chi connectivity index (χ1) is 15.4. The number of rotatable bonds is 9. The molecule has 2 aromatic heterocycles. The van der Waals surface area contributed by atoms with Crippen molar-refractivity contribution in [2.45, 2.75) is 30.3 Å². The van der Waals surface area contributed by atoms with E-state index in [1.165, 1.54) is 6.26 Å². The highest BCUT2D eigenvalue weighted by atomic mass is 32.2. The van der Waals surface area contributed by atoms with E-state index in [9.17, 15) is 8.42 Å². The Morgan fingerprint density at radius 2 is 1.97 bits per heavy atom. The lowest BCUT2D eigenvalue weighted by atomic mass is 10.2. The van der Waals surface area contributed by atoms with Crippen LogP contribution in [0.2, 0.25) is 0 Å². The Balaban J connectivity index is 1.42. The lowest BCUT2D eigenvalue weighted by Gasteiger charge is -2.21. The molecule has 1 atom stereocenters. The Kier molecular flexibility index (Phi) is 6.83. The van der Waals surface area contributed by atoms with E-state index in [1.807, 2.05) is 18.2 Å². The molecule has 1 aromatic carbocycles. The minimum atomic E-state index is -3.20. The summed E-state index contributed by atoms with van der Waals surface area (Å²) in [6.45, 7) is 2.52. The highest BCUT2D eigenvalue weighted by Gasteiger charge is 2.31. The van der Waals surface area contributed by atoms with Crippen LogP contribution in [-0.4, -0.2) is 61.6 Å². The summed E-state index contributed by atoms with van der Waals surface area (Å²) in [5.41, 5.74) is 1.79.